The lowest BCUT2D eigenvalue weighted by molar-refractivity contribution is -0.144. The maximum absolute atomic E-state index is 14.1. The molecule has 45 heavy (non-hydrogen) atoms. The molecular formula is C28H26Cl2F3N9O3. The fourth-order valence-corrected chi connectivity index (χ4v) is 5.25. The maximum atomic E-state index is 14.1. The standard InChI is InChI=1S/C28H26Cl2F3N9O3/c1-45-27(44)35-17-8-9-18-20(13-17)36-22(28(31,32)33)5-3-2-4-19(26-38-24(18)25(30)39-26)37-23(43)11-6-15-12-16(29)7-10-21(15)42-14-34-40-41-42/h6-14,19,22,36H,2-5H2,1H3,(H,35,44)(H,37,43)(H,38,39)/b11-6+/t19-,22+/m0/s1. The first-order valence-corrected chi connectivity index (χ1v) is 14.4. The number of alkyl halides is 3. The quantitative estimate of drug-likeness (QED) is 0.181. The lowest BCUT2D eigenvalue weighted by Crippen LogP contribution is -2.36. The zero-order valence-corrected chi connectivity index (χ0v) is 25.0. The summed E-state index contributed by atoms with van der Waals surface area (Å²) in [5.74, 6) is -0.165. The number of nitrogens with zero attached hydrogens (tertiary/aromatic N) is 5. The highest BCUT2D eigenvalue weighted by molar-refractivity contribution is 6.32. The Morgan fingerprint density at radius 2 is 1.93 bits per heavy atom. The van der Waals surface area contributed by atoms with Gasteiger partial charge in [-0.15, -0.1) is 5.10 Å². The fourth-order valence-electron chi connectivity index (χ4n) is 4.83. The molecule has 4 aromatic rings. The van der Waals surface area contributed by atoms with Crippen molar-refractivity contribution in [2.75, 3.05) is 17.7 Å². The summed E-state index contributed by atoms with van der Waals surface area (Å²) in [5.41, 5.74) is 1.82. The van der Waals surface area contributed by atoms with Gasteiger partial charge in [0, 0.05) is 33.6 Å². The number of rotatable bonds is 5. The zero-order valence-electron chi connectivity index (χ0n) is 23.5. The molecule has 0 spiro atoms. The minimum absolute atomic E-state index is 0.0511. The van der Waals surface area contributed by atoms with Crippen LogP contribution in [0.3, 0.4) is 0 Å². The van der Waals surface area contributed by atoms with E-state index in [1.165, 1.54) is 42.4 Å². The number of hydrogen-bond donors (Lipinski definition) is 4. The Kier molecular flexibility index (Phi) is 9.58. The number of H-pyrrole nitrogens is 1. The summed E-state index contributed by atoms with van der Waals surface area (Å²) in [6.45, 7) is 0. The van der Waals surface area contributed by atoms with E-state index in [4.69, 9.17) is 23.2 Å². The van der Waals surface area contributed by atoms with Crippen LogP contribution in [0.4, 0.5) is 29.3 Å². The average molecular weight is 664 g/mol. The number of hydrogen-bond acceptors (Lipinski definition) is 8. The molecule has 5 rings (SSSR count). The first-order valence-electron chi connectivity index (χ1n) is 13.6. The van der Waals surface area contributed by atoms with E-state index in [0.717, 1.165) is 0 Å². The predicted octanol–water partition coefficient (Wildman–Crippen LogP) is 6.33. The molecule has 0 fully saturated rings. The van der Waals surface area contributed by atoms with Crippen LogP contribution in [0.25, 0.3) is 23.0 Å². The van der Waals surface area contributed by atoms with Crippen LogP contribution < -0.4 is 16.0 Å². The molecule has 4 N–H and O–H groups in total. The maximum Gasteiger partial charge on any atom is 0.411 e. The van der Waals surface area contributed by atoms with Crippen molar-refractivity contribution < 1.29 is 27.5 Å². The number of benzene rings is 2. The van der Waals surface area contributed by atoms with E-state index in [9.17, 15) is 22.8 Å². The number of imidazole rings is 1. The van der Waals surface area contributed by atoms with Crippen molar-refractivity contribution in [1.29, 1.82) is 0 Å². The molecule has 0 aliphatic carbocycles. The molecule has 0 saturated heterocycles. The molecule has 1 aliphatic rings. The van der Waals surface area contributed by atoms with Gasteiger partial charge in [0.25, 0.3) is 0 Å². The van der Waals surface area contributed by atoms with Gasteiger partial charge >= 0.3 is 12.3 Å². The van der Waals surface area contributed by atoms with Crippen LogP contribution in [0.15, 0.2) is 48.8 Å². The van der Waals surface area contributed by atoms with Gasteiger partial charge in [0.2, 0.25) is 5.91 Å². The van der Waals surface area contributed by atoms with Crippen molar-refractivity contribution in [3.05, 3.63) is 70.4 Å². The van der Waals surface area contributed by atoms with E-state index in [0.29, 0.717) is 28.5 Å². The number of nitrogens with one attached hydrogen (secondary N) is 4. The highest BCUT2D eigenvalue weighted by atomic mass is 35.5. The Morgan fingerprint density at radius 1 is 1.13 bits per heavy atom. The van der Waals surface area contributed by atoms with Gasteiger partial charge in [0.05, 0.1) is 18.8 Å². The van der Waals surface area contributed by atoms with Crippen molar-refractivity contribution in [3.8, 4) is 16.9 Å². The molecule has 17 heteroatoms. The lowest BCUT2D eigenvalue weighted by atomic mass is 10.0. The van der Waals surface area contributed by atoms with Crippen LogP contribution in [0.1, 0.15) is 43.1 Å². The molecule has 0 saturated carbocycles. The molecule has 2 aromatic heterocycles. The largest absolute Gasteiger partial charge is 0.453 e. The summed E-state index contributed by atoms with van der Waals surface area (Å²) in [6.07, 6.45) is -0.538. The molecule has 2 amide bonds. The normalized spacial score (nSPS) is 17.0. The Hall–Kier alpha value is -4.63. The average Bonchev–Trinajstić information content (AvgIpc) is 3.66. The first-order chi connectivity index (χ1) is 21.5. The van der Waals surface area contributed by atoms with Gasteiger partial charge in [0.15, 0.2) is 0 Å². The molecule has 2 aromatic carbocycles. The summed E-state index contributed by atoms with van der Waals surface area (Å²) in [4.78, 5) is 32.4. The van der Waals surface area contributed by atoms with Crippen LogP contribution in [0.5, 0.6) is 0 Å². The number of tetrazole rings is 1. The van der Waals surface area contributed by atoms with Crippen molar-refractivity contribution in [2.45, 2.75) is 43.9 Å². The van der Waals surface area contributed by atoms with Crippen LogP contribution in [0, 0.1) is 0 Å². The number of anilines is 2. The second kappa shape index (κ2) is 13.6. The van der Waals surface area contributed by atoms with Gasteiger partial charge in [-0.25, -0.2) is 9.78 Å². The topological polar surface area (TPSA) is 152 Å². The van der Waals surface area contributed by atoms with Crippen molar-refractivity contribution in [3.63, 3.8) is 0 Å². The summed E-state index contributed by atoms with van der Waals surface area (Å²) < 4.78 is 48.3. The molecule has 0 radical (unpaired) electrons. The number of ether oxygens (including phenoxy) is 1. The van der Waals surface area contributed by atoms with Crippen molar-refractivity contribution in [1.82, 2.24) is 35.5 Å². The van der Waals surface area contributed by atoms with E-state index in [1.807, 2.05) is 0 Å². The number of halogens is 5. The number of carbonyl (C=O) groups excluding carboxylic acids is 2. The number of aromatic amines is 1. The molecule has 236 valence electrons. The Labute approximate surface area is 264 Å². The highest BCUT2D eigenvalue weighted by Gasteiger charge is 2.40. The van der Waals surface area contributed by atoms with Crippen molar-refractivity contribution >= 4 is 52.7 Å². The van der Waals surface area contributed by atoms with E-state index < -0.39 is 30.3 Å². The second-order valence-corrected chi connectivity index (χ2v) is 10.9. The van der Waals surface area contributed by atoms with Gasteiger partial charge < -0.3 is 20.4 Å². The first kappa shape index (κ1) is 31.8. The Morgan fingerprint density at radius 3 is 2.67 bits per heavy atom. The van der Waals surface area contributed by atoms with Crippen LogP contribution in [-0.4, -0.2) is 61.5 Å². The monoisotopic (exact) mass is 663 g/mol. The summed E-state index contributed by atoms with van der Waals surface area (Å²) in [7, 11) is 1.17. The van der Waals surface area contributed by atoms with Gasteiger partial charge in [-0.3, -0.25) is 10.1 Å². The number of carbonyl (C=O) groups is 2. The second-order valence-electron chi connectivity index (χ2n) is 10.0. The molecular weight excluding hydrogens is 638 g/mol. The zero-order chi connectivity index (χ0) is 32.1. The van der Waals surface area contributed by atoms with E-state index >= 15 is 0 Å². The third-order valence-corrected chi connectivity index (χ3v) is 7.50. The Bertz CT molecular complexity index is 1710. The number of methoxy groups -OCH3 is 1. The molecule has 2 bridgehead atoms. The number of amides is 2. The molecule has 0 unspecified atom stereocenters. The lowest BCUT2D eigenvalue weighted by Gasteiger charge is -2.25. The van der Waals surface area contributed by atoms with Gasteiger partial charge in [0.1, 0.15) is 29.0 Å². The van der Waals surface area contributed by atoms with Gasteiger partial charge in [-0.2, -0.15) is 17.9 Å². The minimum atomic E-state index is -4.58. The number of fused-ring (bicyclic) bond motifs is 4. The van der Waals surface area contributed by atoms with E-state index in [-0.39, 0.29) is 47.0 Å². The van der Waals surface area contributed by atoms with Crippen molar-refractivity contribution in [2.24, 2.45) is 0 Å². The van der Waals surface area contributed by atoms with E-state index in [2.05, 4.69) is 46.2 Å². The summed E-state index contributed by atoms with van der Waals surface area (Å²) in [5, 5.41) is 19.5. The summed E-state index contributed by atoms with van der Waals surface area (Å²) in [6, 6.07) is 6.73. The van der Waals surface area contributed by atoms with Crippen LogP contribution in [0.2, 0.25) is 10.2 Å². The third-order valence-electron chi connectivity index (χ3n) is 6.99. The SMILES string of the molecule is COC(=O)Nc1ccc2c(c1)N[C@@H](C(F)(F)F)CCCC[C@H](NC(=O)/C=C/c1cc(Cl)ccc1-n1cnnn1)c1nc-2c(Cl)[nH]1. The molecule has 1 aliphatic heterocycles. The van der Waals surface area contributed by atoms with Crippen LogP contribution >= 0.6 is 23.2 Å². The molecule has 2 atom stereocenters. The summed E-state index contributed by atoms with van der Waals surface area (Å²) >= 11 is 12.7. The molecule has 3 heterocycles. The number of aromatic nitrogens is 6. The Balaban J connectivity index is 1.45. The van der Waals surface area contributed by atoms with E-state index in [1.54, 1.807) is 24.3 Å². The highest BCUT2D eigenvalue weighted by Crippen LogP contribution is 2.38. The third kappa shape index (κ3) is 7.72. The van der Waals surface area contributed by atoms with Gasteiger partial charge in [-0.05, 0) is 65.7 Å². The fraction of sp³-hybridized carbons (Fsp3) is 0.286. The smallest absolute Gasteiger partial charge is 0.411 e. The van der Waals surface area contributed by atoms with Gasteiger partial charge in [-0.1, -0.05) is 36.0 Å². The predicted molar refractivity (Wildman–Crippen MR) is 161 cm³/mol. The minimum Gasteiger partial charge on any atom is -0.453 e. The molecule has 12 nitrogen and oxygen atoms in total. The van der Waals surface area contributed by atoms with Crippen LogP contribution in [-0.2, 0) is 9.53 Å².